The largest absolute Gasteiger partial charge is 0.192 e. The molecule has 3 nitrogen and oxygen atoms in total. The van der Waals surface area contributed by atoms with Gasteiger partial charge in [-0.2, -0.15) is 15.8 Å². The van der Waals surface area contributed by atoms with E-state index in [0.29, 0.717) is 16.7 Å². The van der Waals surface area contributed by atoms with E-state index in [1.807, 2.05) is 24.3 Å². The Balaban J connectivity index is 1.53. The highest BCUT2D eigenvalue weighted by Gasteiger charge is 2.21. The molecule has 0 amide bonds. The van der Waals surface area contributed by atoms with Crippen molar-refractivity contribution in [2.45, 2.75) is 0 Å². The van der Waals surface area contributed by atoms with Gasteiger partial charge in [-0.05, 0) is 76.9 Å². The van der Waals surface area contributed by atoms with Crippen LogP contribution in [0.15, 0.2) is 115 Å². The number of thiophene rings is 2. The summed E-state index contributed by atoms with van der Waals surface area (Å²) in [6, 6.07) is 45.7. The predicted molar refractivity (Wildman–Crippen MR) is 183 cm³/mol. The molecule has 0 aliphatic heterocycles. The molecule has 0 radical (unpaired) electrons. The summed E-state index contributed by atoms with van der Waals surface area (Å²) < 4.78 is 4.70. The maximum atomic E-state index is 10.9. The van der Waals surface area contributed by atoms with Gasteiger partial charge in [0.1, 0.15) is 6.07 Å². The van der Waals surface area contributed by atoms with Crippen LogP contribution in [0.1, 0.15) is 16.7 Å². The van der Waals surface area contributed by atoms with Gasteiger partial charge in [-0.3, -0.25) is 0 Å². The molecule has 6 aromatic carbocycles. The number of nitriles is 3. The minimum Gasteiger partial charge on any atom is -0.192 e. The standard InChI is InChI=1S/C39H19N3S2/c40-20-23-15-24(21-41)17-25(16-23)26-18-31(27-9-5-13-36-38(27)29-7-1-3-11-34(29)43-36)33(22-42)32(19-26)28-10-6-14-37-39(28)30-8-2-4-12-35(30)44-37/h1-19H. The molecule has 2 aromatic heterocycles. The second-order valence-corrected chi connectivity index (χ2v) is 12.8. The summed E-state index contributed by atoms with van der Waals surface area (Å²) in [4.78, 5) is 0. The number of benzene rings is 6. The zero-order valence-electron chi connectivity index (χ0n) is 23.1. The second-order valence-electron chi connectivity index (χ2n) is 10.6. The monoisotopic (exact) mass is 593 g/mol. The molecular formula is C39H19N3S2. The predicted octanol–water partition coefficient (Wildman–Crippen LogP) is 11.0. The first-order chi connectivity index (χ1) is 21.7. The topological polar surface area (TPSA) is 71.4 Å². The second kappa shape index (κ2) is 10.2. The van der Waals surface area contributed by atoms with Crippen LogP contribution >= 0.6 is 22.7 Å². The van der Waals surface area contributed by atoms with Crippen molar-refractivity contribution in [2.24, 2.45) is 0 Å². The van der Waals surface area contributed by atoms with E-state index in [4.69, 9.17) is 0 Å². The van der Waals surface area contributed by atoms with Crippen LogP contribution in [0.5, 0.6) is 0 Å². The lowest BCUT2D eigenvalue weighted by Gasteiger charge is -2.16. The lowest BCUT2D eigenvalue weighted by Crippen LogP contribution is -1.94. The highest BCUT2D eigenvalue weighted by Crippen LogP contribution is 2.46. The Kier molecular flexibility index (Phi) is 6.00. The number of fused-ring (bicyclic) bond motifs is 6. The van der Waals surface area contributed by atoms with Crippen molar-refractivity contribution in [3.63, 3.8) is 0 Å². The van der Waals surface area contributed by atoms with E-state index >= 15 is 0 Å². The lowest BCUT2D eigenvalue weighted by molar-refractivity contribution is 1.44. The van der Waals surface area contributed by atoms with E-state index in [0.717, 1.165) is 64.3 Å². The summed E-state index contributed by atoms with van der Waals surface area (Å²) in [6.07, 6.45) is 0. The van der Waals surface area contributed by atoms with E-state index < -0.39 is 0 Å². The molecule has 0 aliphatic carbocycles. The van der Waals surface area contributed by atoms with Crippen molar-refractivity contribution in [3.8, 4) is 51.6 Å². The Bertz CT molecular complexity index is 2430. The summed E-state index contributed by atoms with van der Waals surface area (Å²) >= 11 is 3.49. The van der Waals surface area contributed by atoms with Crippen LogP contribution in [-0.2, 0) is 0 Å². The first kappa shape index (κ1) is 25.9. The fourth-order valence-electron chi connectivity index (χ4n) is 6.28. The molecule has 8 aromatic rings. The van der Waals surface area contributed by atoms with E-state index in [9.17, 15) is 15.8 Å². The van der Waals surface area contributed by atoms with Gasteiger partial charge in [0.2, 0.25) is 0 Å². The van der Waals surface area contributed by atoms with Gasteiger partial charge in [-0.1, -0.05) is 60.7 Å². The van der Waals surface area contributed by atoms with Gasteiger partial charge in [0, 0.05) is 51.5 Å². The van der Waals surface area contributed by atoms with Gasteiger partial charge >= 0.3 is 0 Å². The Morgan fingerprint density at radius 1 is 0.409 bits per heavy atom. The maximum Gasteiger partial charge on any atom is 0.100 e. The number of nitrogens with zero attached hydrogens (tertiary/aromatic N) is 3. The van der Waals surface area contributed by atoms with Crippen LogP contribution in [0.25, 0.3) is 73.7 Å². The average molecular weight is 594 g/mol. The first-order valence-electron chi connectivity index (χ1n) is 14.0. The lowest BCUT2D eigenvalue weighted by atomic mass is 9.85. The van der Waals surface area contributed by atoms with Crippen LogP contribution < -0.4 is 0 Å². The van der Waals surface area contributed by atoms with E-state index in [-0.39, 0.29) is 0 Å². The van der Waals surface area contributed by atoms with Gasteiger partial charge in [0.25, 0.3) is 0 Å². The Morgan fingerprint density at radius 3 is 1.34 bits per heavy atom. The van der Waals surface area contributed by atoms with E-state index in [1.54, 1.807) is 28.7 Å². The molecule has 0 N–H and O–H groups in total. The Morgan fingerprint density at radius 2 is 0.864 bits per heavy atom. The molecule has 8 rings (SSSR count). The minimum atomic E-state index is 0.420. The summed E-state index contributed by atoms with van der Waals surface area (Å²) in [5, 5.41) is 35.0. The van der Waals surface area contributed by atoms with E-state index in [1.165, 1.54) is 9.40 Å². The van der Waals surface area contributed by atoms with Crippen LogP contribution in [-0.4, -0.2) is 0 Å². The summed E-state index contributed by atoms with van der Waals surface area (Å²) in [5.74, 6) is 0. The molecule has 0 spiro atoms. The zero-order valence-corrected chi connectivity index (χ0v) is 24.8. The minimum absolute atomic E-state index is 0.420. The molecule has 0 fully saturated rings. The van der Waals surface area contributed by atoms with Crippen molar-refractivity contribution >= 4 is 63.0 Å². The Labute approximate surface area is 261 Å². The third-order valence-corrected chi connectivity index (χ3v) is 10.4. The summed E-state index contributed by atoms with van der Waals surface area (Å²) in [6.45, 7) is 0. The molecule has 0 aliphatic rings. The van der Waals surface area contributed by atoms with Crippen LogP contribution in [0.4, 0.5) is 0 Å². The highest BCUT2D eigenvalue weighted by molar-refractivity contribution is 7.26. The van der Waals surface area contributed by atoms with Gasteiger partial charge in [0.05, 0.1) is 28.8 Å². The Hall–Kier alpha value is -5.77. The first-order valence-corrected chi connectivity index (χ1v) is 15.6. The van der Waals surface area contributed by atoms with Gasteiger partial charge < -0.3 is 0 Å². The molecule has 0 bridgehead atoms. The van der Waals surface area contributed by atoms with Crippen molar-refractivity contribution in [2.75, 3.05) is 0 Å². The molecule has 44 heavy (non-hydrogen) atoms. The van der Waals surface area contributed by atoms with Crippen molar-refractivity contribution in [1.82, 2.24) is 0 Å². The maximum absolute atomic E-state index is 10.9. The van der Waals surface area contributed by atoms with E-state index in [2.05, 4.69) is 103 Å². The van der Waals surface area contributed by atoms with Gasteiger partial charge in [-0.25, -0.2) is 0 Å². The fraction of sp³-hybridized carbons (Fsp3) is 0. The molecule has 202 valence electrons. The van der Waals surface area contributed by atoms with Crippen LogP contribution in [0.3, 0.4) is 0 Å². The quantitative estimate of drug-likeness (QED) is 0.205. The zero-order chi connectivity index (χ0) is 29.8. The van der Waals surface area contributed by atoms with Gasteiger partial charge in [-0.15, -0.1) is 22.7 Å². The molecule has 0 unspecified atom stereocenters. The smallest absolute Gasteiger partial charge is 0.100 e. The molecule has 0 saturated heterocycles. The van der Waals surface area contributed by atoms with Crippen molar-refractivity contribution in [3.05, 3.63) is 132 Å². The molecule has 5 heteroatoms. The van der Waals surface area contributed by atoms with Crippen molar-refractivity contribution in [1.29, 1.82) is 15.8 Å². The molecule has 2 heterocycles. The molecular weight excluding hydrogens is 575 g/mol. The molecule has 0 saturated carbocycles. The average Bonchev–Trinajstić information content (AvgIpc) is 3.66. The van der Waals surface area contributed by atoms with Crippen molar-refractivity contribution < 1.29 is 0 Å². The molecule has 0 atom stereocenters. The fourth-order valence-corrected chi connectivity index (χ4v) is 8.54. The summed E-state index contributed by atoms with van der Waals surface area (Å²) in [7, 11) is 0. The number of hydrogen-bond acceptors (Lipinski definition) is 5. The van der Waals surface area contributed by atoms with Crippen LogP contribution in [0.2, 0.25) is 0 Å². The van der Waals surface area contributed by atoms with Crippen LogP contribution in [0, 0.1) is 34.0 Å². The third kappa shape index (κ3) is 3.98. The third-order valence-electron chi connectivity index (χ3n) is 8.16. The summed E-state index contributed by atoms with van der Waals surface area (Å²) in [5.41, 5.74) is 6.66. The SMILES string of the molecule is N#Cc1cc(C#N)cc(-c2cc(-c3cccc4sc5ccccc5c34)c(C#N)c(-c3cccc4sc5ccccc5c34)c2)c1. The highest BCUT2D eigenvalue weighted by atomic mass is 32.1. The number of rotatable bonds is 3. The number of hydrogen-bond donors (Lipinski definition) is 0. The van der Waals surface area contributed by atoms with Gasteiger partial charge in [0.15, 0.2) is 0 Å². The normalized spacial score (nSPS) is 11.1.